The Labute approximate surface area is 96.2 Å². The fourth-order valence-electron chi connectivity index (χ4n) is 1.13. The lowest BCUT2D eigenvalue weighted by atomic mass is 10.0. The normalized spacial score (nSPS) is 13.0. The molecule has 2 N–H and O–H groups in total. The molecule has 0 aromatic carbocycles. The summed E-state index contributed by atoms with van der Waals surface area (Å²) < 4.78 is 5.03. The van der Waals surface area contributed by atoms with Crippen molar-refractivity contribution in [1.29, 1.82) is 0 Å². The first-order valence-corrected chi connectivity index (χ1v) is 5.39. The minimum Gasteiger partial charge on any atom is -0.481 e. The van der Waals surface area contributed by atoms with E-state index in [1.165, 1.54) is 0 Å². The molecule has 94 valence electrons. The van der Waals surface area contributed by atoms with Crippen LogP contribution in [0.2, 0.25) is 0 Å². The molecule has 0 aliphatic rings. The van der Waals surface area contributed by atoms with Crippen LogP contribution in [-0.2, 0) is 9.53 Å². The fraction of sp³-hybridized carbons (Fsp3) is 0.818. The Hall–Kier alpha value is -1.26. The molecule has 0 radical (unpaired) electrons. The summed E-state index contributed by atoms with van der Waals surface area (Å²) in [7, 11) is 0. The van der Waals surface area contributed by atoms with Gasteiger partial charge in [0.25, 0.3) is 0 Å². The highest BCUT2D eigenvalue weighted by molar-refractivity contribution is 5.68. The SMILES string of the molecule is C[C@H](CCNC(=O)OC(C)(C)C)CC(=O)O. The number of carbonyl (C=O) groups excluding carboxylic acids is 1. The maximum Gasteiger partial charge on any atom is 0.407 e. The minimum absolute atomic E-state index is 0.0486. The van der Waals surface area contributed by atoms with Gasteiger partial charge in [-0.05, 0) is 33.1 Å². The monoisotopic (exact) mass is 231 g/mol. The molecule has 5 heteroatoms. The Morgan fingerprint density at radius 2 is 1.94 bits per heavy atom. The predicted octanol–water partition coefficient (Wildman–Crippen LogP) is 2.01. The molecule has 1 amide bonds. The second-order valence-corrected chi connectivity index (χ2v) is 4.92. The summed E-state index contributed by atoms with van der Waals surface area (Å²) in [6, 6.07) is 0. The lowest BCUT2D eigenvalue weighted by molar-refractivity contribution is -0.138. The smallest absolute Gasteiger partial charge is 0.407 e. The quantitative estimate of drug-likeness (QED) is 0.759. The van der Waals surface area contributed by atoms with Gasteiger partial charge in [0.1, 0.15) is 5.60 Å². The Morgan fingerprint density at radius 3 is 2.38 bits per heavy atom. The maximum atomic E-state index is 11.2. The number of amides is 1. The van der Waals surface area contributed by atoms with Crippen LogP contribution < -0.4 is 5.32 Å². The van der Waals surface area contributed by atoms with Crippen molar-refractivity contribution in [1.82, 2.24) is 5.32 Å². The van der Waals surface area contributed by atoms with E-state index in [-0.39, 0.29) is 12.3 Å². The van der Waals surface area contributed by atoms with Gasteiger partial charge in [0.05, 0.1) is 0 Å². The van der Waals surface area contributed by atoms with Crippen molar-refractivity contribution in [3.63, 3.8) is 0 Å². The fourth-order valence-corrected chi connectivity index (χ4v) is 1.13. The summed E-state index contributed by atoms with van der Waals surface area (Å²) in [6.45, 7) is 7.65. The second kappa shape index (κ2) is 6.35. The molecule has 0 aromatic heterocycles. The van der Waals surface area contributed by atoms with Gasteiger partial charge in [0.2, 0.25) is 0 Å². The van der Waals surface area contributed by atoms with Gasteiger partial charge < -0.3 is 15.2 Å². The summed E-state index contributed by atoms with van der Waals surface area (Å²) >= 11 is 0. The van der Waals surface area contributed by atoms with Gasteiger partial charge in [-0.25, -0.2) is 4.79 Å². The molecule has 0 saturated heterocycles. The average Bonchev–Trinajstić information content (AvgIpc) is 1.98. The Morgan fingerprint density at radius 1 is 1.38 bits per heavy atom. The van der Waals surface area contributed by atoms with Gasteiger partial charge in [0.15, 0.2) is 0 Å². The highest BCUT2D eigenvalue weighted by atomic mass is 16.6. The van der Waals surface area contributed by atoms with E-state index in [0.29, 0.717) is 13.0 Å². The number of ether oxygens (including phenoxy) is 1. The number of rotatable bonds is 5. The van der Waals surface area contributed by atoms with Crippen molar-refractivity contribution in [2.24, 2.45) is 5.92 Å². The molecule has 0 heterocycles. The van der Waals surface area contributed by atoms with E-state index < -0.39 is 17.7 Å². The standard InChI is InChI=1S/C11H21NO4/c1-8(7-9(13)14)5-6-12-10(15)16-11(2,3)4/h8H,5-7H2,1-4H3,(H,12,15)(H,13,14)/t8-/m1/s1. The lowest BCUT2D eigenvalue weighted by Gasteiger charge is -2.20. The topological polar surface area (TPSA) is 75.6 Å². The number of nitrogens with one attached hydrogen (secondary N) is 1. The molecule has 0 bridgehead atoms. The molecular weight excluding hydrogens is 210 g/mol. The molecule has 0 aromatic rings. The van der Waals surface area contributed by atoms with Crippen LogP contribution >= 0.6 is 0 Å². The molecule has 16 heavy (non-hydrogen) atoms. The van der Waals surface area contributed by atoms with Crippen molar-refractivity contribution < 1.29 is 19.4 Å². The third-order valence-corrected chi connectivity index (χ3v) is 1.83. The number of hydrogen-bond donors (Lipinski definition) is 2. The number of carboxylic acid groups (broad SMARTS) is 1. The van der Waals surface area contributed by atoms with E-state index >= 15 is 0 Å². The van der Waals surface area contributed by atoms with Gasteiger partial charge in [0, 0.05) is 13.0 Å². The van der Waals surface area contributed by atoms with E-state index in [2.05, 4.69) is 5.32 Å². The molecule has 0 rings (SSSR count). The van der Waals surface area contributed by atoms with Gasteiger partial charge in [-0.15, -0.1) is 0 Å². The van der Waals surface area contributed by atoms with Gasteiger partial charge in [-0.2, -0.15) is 0 Å². The molecule has 0 saturated carbocycles. The Kier molecular flexibility index (Phi) is 5.85. The molecule has 0 spiro atoms. The highest BCUT2D eigenvalue weighted by Crippen LogP contribution is 2.08. The van der Waals surface area contributed by atoms with E-state index in [1.807, 2.05) is 6.92 Å². The van der Waals surface area contributed by atoms with Crippen LogP contribution in [0.5, 0.6) is 0 Å². The third-order valence-electron chi connectivity index (χ3n) is 1.83. The van der Waals surface area contributed by atoms with Crippen LogP contribution in [0.25, 0.3) is 0 Å². The van der Waals surface area contributed by atoms with Gasteiger partial charge in [-0.3, -0.25) is 4.79 Å². The zero-order valence-corrected chi connectivity index (χ0v) is 10.4. The van der Waals surface area contributed by atoms with Crippen LogP contribution in [0.3, 0.4) is 0 Å². The molecule has 5 nitrogen and oxygen atoms in total. The van der Waals surface area contributed by atoms with E-state index in [0.717, 1.165) is 0 Å². The highest BCUT2D eigenvalue weighted by Gasteiger charge is 2.16. The van der Waals surface area contributed by atoms with E-state index in [1.54, 1.807) is 20.8 Å². The van der Waals surface area contributed by atoms with Crippen molar-refractivity contribution in [2.75, 3.05) is 6.54 Å². The largest absolute Gasteiger partial charge is 0.481 e. The van der Waals surface area contributed by atoms with Crippen molar-refractivity contribution in [3.05, 3.63) is 0 Å². The number of hydrogen-bond acceptors (Lipinski definition) is 3. The summed E-state index contributed by atoms with van der Waals surface area (Å²) in [5.41, 5.74) is -0.503. The van der Waals surface area contributed by atoms with Crippen molar-refractivity contribution in [2.45, 2.75) is 46.1 Å². The van der Waals surface area contributed by atoms with Crippen LogP contribution in [0.15, 0.2) is 0 Å². The maximum absolute atomic E-state index is 11.2. The molecule has 0 fully saturated rings. The summed E-state index contributed by atoms with van der Waals surface area (Å²) in [5, 5.41) is 11.1. The van der Waals surface area contributed by atoms with Crippen LogP contribution in [0.4, 0.5) is 4.79 Å². The number of carbonyl (C=O) groups is 2. The van der Waals surface area contributed by atoms with Crippen LogP contribution in [0, 0.1) is 5.92 Å². The zero-order valence-electron chi connectivity index (χ0n) is 10.4. The van der Waals surface area contributed by atoms with E-state index in [9.17, 15) is 9.59 Å². The Bertz CT molecular complexity index is 245. The summed E-state index contributed by atoms with van der Waals surface area (Å²) in [5.74, 6) is -0.766. The lowest BCUT2D eigenvalue weighted by Crippen LogP contribution is -2.33. The number of alkyl carbamates (subject to hydrolysis) is 1. The number of carboxylic acids is 1. The summed E-state index contributed by atoms with van der Waals surface area (Å²) in [4.78, 5) is 21.6. The Balaban J connectivity index is 3.66. The van der Waals surface area contributed by atoms with Crippen molar-refractivity contribution in [3.8, 4) is 0 Å². The van der Waals surface area contributed by atoms with E-state index in [4.69, 9.17) is 9.84 Å². The predicted molar refractivity (Wildman–Crippen MR) is 60.3 cm³/mol. The molecular formula is C11H21NO4. The van der Waals surface area contributed by atoms with Gasteiger partial charge in [-0.1, -0.05) is 6.92 Å². The average molecular weight is 231 g/mol. The third kappa shape index (κ3) is 9.30. The van der Waals surface area contributed by atoms with Crippen LogP contribution in [0.1, 0.15) is 40.5 Å². The number of aliphatic carboxylic acids is 1. The summed E-state index contributed by atoms with van der Waals surface area (Å²) in [6.07, 6.45) is 0.289. The molecule has 1 atom stereocenters. The molecule has 0 aliphatic heterocycles. The van der Waals surface area contributed by atoms with Gasteiger partial charge >= 0.3 is 12.1 Å². The molecule has 0 aliphatic carbocycles. The second-order valence-electron chi connectivity index (χ2n) is 4.92. The zero-order chi connectivity index (χ0) is 12.8. The van der Waals surface area contributed by atoms with Crippen molar-refractivity contribution >= 4 is 12.1 Å². The first-order valence-electron chi connectivity index (χ1n) is 5.39. The first-order chi connectivity index (χ1) is 7.20. The molecule has 0 unspecified atom stereocenters. The van der Waals surface area contributed by atoms with Crippen LogP contribution in [-0.4, -0.2) is 29.3 Å². The first kappa shape index (κ1) is 14.7. The minimum atomic E-state index is -0.815.